The number of aromatic amines is 1. The first-order valence-corrected chi connectivity index (χ1v) is 8.59. The molecule has 0 aliphatic rings. The molecule has 9 nitrogen and oxygen atoms in total. The maximum Gasteiger partial charge on any atom is 0.204 e. The number of rotatable bonds is 6. The molecule has 0 saturated heterocycles. The third kappa shape index (κ3) is 2.86. The molecule has 3 aromatic heterocycles. The lowest BCUT2D eigenvalue weighted by atomic mass is 10.1. The molecule has 0 bridgehead atoms. The van der Waals surface area contributed by atoms with E-state index in [1.807, 2.05) is 12.1 Å². The Bertz CT molecular complexity index is 1050. The molecule has 3 heterocycles. The maximum absolute atomic E-state index is 5.60. The summed E-state index contributed by atoms with van der Waals surface area (Å²) in [6.07, 6.45) is 3.63. The SMILES string of the molecule is CN(CCCCN)c1ncnc2[nH]c3cc(-c4nnn(C)n4)ccc3c12. The number of H-pyrrole nitrogens is 1. The third-order valence-electron chi connectivity index (χ3n) is 4.44. The minimum Gasteiger partial charge on any atom is -0.359 e. The van der Waals surface area contributed by atoms with Crippen LogP contribution in [-0.4, -0.2) is 55.3 Å². The van der Waals surface area contributed by atoms with Crippen molar-refractivity contribution >= 4 is 27.8 Å². The fourth-order valence-electron chi connectivity index (χ4n) is 3.14. The lowest BCUT2D eigenvalue weighted by molar-refractivity contribution is 0.630. The van der Waals surface area contributed by atoms with Gasteiger partial charge >= 0.3 is 0 Å². The number of benzene rings is 1. The van der Waals surface area contributed by atoms with Crippen molar-refractivity contribution in [3.05, 3.63) is 24.5 Å². The topological polar surface area (TPSA) is 114 Å². The zero-order valence-corrected chi connectivity index (χ0v) is 14.8. The highest BCUT2D eigenvalue weighted by atomic mass is 15.6. The highest BCUT2D eigenvalue weighted by molar-refractivity contribution is 6.11. The molecule has 0 saturated carbocycles. The largest absolute Gasteiger partial charge is 0.359 e. The van der Waals surface area contributed by atoms with Crippen LogP contribution in [0, 0.1) is 0 Å². The fourth-order valence-corrected chi connectivity index (χ4v) is 3.14. The first-order valence-electron chi connectivity index (χ1n) is 8.59. The summed E-state index contributed by atoms with van der Waals surface area (Å²) in [5.41, 5.74) is 8.30. The van der Waals surface area contributed by atoms with Crippen molar-refractivity contribution in [2.45, 2.75) is 12.8 Å². The van der Waals surface area contributed by atoms with E-state index in [0.29, 0.717) is 12.4 Å². The number of nitrogens with two attached hydrogens (primary N) is 1. The standard InChI is InChI=1S/C17H21N9/c1-25(8-4-3-7-18)17-14-12-6-5-11(15-22-24-26(2)23-15)9-13(12)21-16(14)19-10-20-17/h5-6,9-10H,3-4,7-8,18H2,1-2H3,(H,19,20,21). The Labute approximate surface area is 150 Å². The molecular formula is C17H21N9. The molecule has 4 rings (SSSR count). The predicted octanol–water partition coefficient (Wildman–Crippen LogP) is 1.48. The van der Waals surface area contributed by atoms with E-state index >= 15 is 0 Å². The Hall–Kier alpha value is -3.07. The second-order valence-corrected chi connectivity index (χ2v) is 6.33. The van der Waals surface area contributed by atoms with Gasteiger partial charge in [-0.1, -0.05) is 12.1 Å². The van der Waals surface area contributed by atoms with Gasteiger partial charge in [-0.3, -0.25) is 0 Å². The van der Waals surface area contributed by atoms with E-state index in [-0.39, 0.29) is 0 Å². The zero-order valence-electron chi connectivity index (χ0n) is 14.8. The van der Waals surface area contributed by atoms with Gasteiger partial charge in [0.05, 0.1) is 12.4 Å². The molecule has 3 N–H and O–H groups in total. The van der Waals surface area contributed by atoms with Crippen molar-refractivity contribution in [3.63, 3.8) is 0 Å². The van der Waals surface area contributed by atoms with E-state index in [2.05, 4.69) is 48.4 Å². The number of nitrogens with one attached hydrogen (secondary N) is 1. The number of aromatic nitrogens is 7. The van der Waals surface area contributed by atoms with Crippen LogP contribution in [0.25, 0.3) is 33.3 Å². The summed E-state index contributed by atoms with van der Waals surface area (Å²) >= 11 is 0. The highest BCUT2D eigenvalue weighted by Gasteiger charge is 2.15. The minimum absolute atomic E-state index is 0.596. The normalized spacial score (nSPS) is 11.5. The zero-order chi connectivity index (χ0) is 18.1. The van der Waals surface area contributed by atoms with Gasteiger partial charge in [-0.25, -0.2) is 9.97 Å². The number of aryl methyl sites for hydroxylation is 1. The summed E-state index contributed by atoms with van der Waals surface area (Å²) in [5, 5.41) is 14.3. The van der Waals surface area contributed by atoms with Crippen LogP contribution in [0.3, 0.4) is 0 Å². The molecule has 1 aromatic carbocycles. The summed E-state index contributed by atoms with van der Waals surface area (Å²) in [7, 11) is 3.80. The number of hydrogen-bond donors (Lipinski definition) is 2. The van der Waals surface area contributed by atoms with Crippen molar-refractivity contribution in [1.29, 1.82) is 0 Å². The first kappa shape index (κ1) is 16.4. The molecule has 0 atom stereocenters. The fraction of sp³-hybridized carbons (Fsp3) is 0.353. The van der Waals surface area contributed by atoms with Gasteiger partial charge in [0.1, 0.15) is 17.8 Å². The van der Waals surface area contributed by atoms with E-state index in [9.17, 15) is 0 Å². The van der Waals surface area contributed by atoms with Crippen LogP contribution in [0.5, 0.6) is 0 Å². The molecule has 0 fully saturated rings. The van der Waals surface area contributed by atoms with E-state index in [1.54, 1.807) is 13.4 Å². The average Bonchev–Trinajstić information content (AvgIpc) is 3.24. The molecule has 0 unspecified atom stereocenters. The summed E-state index contributed by atoms with van der Waals surface area (Å²) in [4.78, 5) is 15.9. The molecule has 134 valence electrons. The molecular weight excluding hydrogens is 330 g/mol. The Morgan fingerprint density at radius 2 is 2.12 bits per heavy atom. The molecule has 0 radical (unpaired) electrons. The summed E-state index contributed by atoms with van der Waals surface area (Å²) in [6.45, 7) is 1.61. The van der Waals surface area contributed by atoms with Gasteiger partial charge in [-0.15, -0.1) is 10.2 Å². The van der Waals surface area contributed by atoms with Crippen LogP contribution in [0.4, 0.5) is 5.82 Å². The van der Waals surface area contributed by atoms with Crippen LogP contribution < -0.4 is 10.6 Å². The second kappa shape index (κ2) is 6.68. The Morgan fingerprint density at radius 3 is 2.88 bits per heavy atom. The number of tetrazole rings is 1. The third-order valence-corrected chi connectivity index (χ3v) is 4.44. The minimum atomic E-state index is 0.596. The molecule has 26 heavy (non-hydrogen) atoms. The van der Waals surface area contributed by atoms with Crippen molar-refractivity contribution in [2.75, 3.05) is 25.0 Å². The molecule has 0 aliphatic carbocycles. The number of nitrogens with zero attached hydrogens (tertiary/aromatic N) is 7. The number of hydrogen-bond acceptors (Lipinski definition) is 7. The molecule has 0 aliphatic heterocycles. The monoisotopic (exact) mass is 351 g/mol. The van der Waals surface area contributed by atoms with Crippen LogP contribution in [0.15, 0.2) is 24.5 Å². The maximum atomic E-state index is 5.60. The van der Waals surface area contributed by atoms with Crippen molar-refractivity contribution in [3.8, 4) is 11.4 Å². The van der Waals surface area contributed by atoms with Crippen molar-refractivity contribution < 1.29 is 0 Å². The van der Waals surface area contributed by atoms with Gasteiger partial charge in [-0.2, -0.15) is 4.80 Å². The predicted molar refractivity (Wildman–Crippen MR) is 101 cm³/mol. The van der Waals surface area contributed by atoms with Gasteiger partial charge in [0.15, 0.2) is 0 Å². The van der Waals surface area contributed by atoms with E-state index < -0.39 is 0 Å². The average molecular weight is 351 g/mol. The smallest absolute Gasteiger partial charge is 0.204 e. The van der Waals surface area contributed by atoms with Crippen molar-refractivity contribution in [2.24, 2.45) is 12.8 Å². The number of unbranched alkanes of at least 4 members (excludes halogenated alkanes) is 1. The summed E-state index contributed by atoms with van der Waals surface area (Å²) in [5.74, 6) is 1.52. The van der Waals surface area contributed by atoms with Gasteiger partial charge in [0.25, 0.3) is 0 Å². The van der Waals surface area contributed by atoms with Gasteiger partial charge < -0.3 is 15.6 Å². The number of fused-ring (bicyclic) bond motifs is 3. The van der Waals surface area contributed by atoms with Crippen LogP contribution >= 0.6 is 0 Å². The lowest BCUT2D eigenvalue weighted by Crippen LogP contribution is -2.20. The van der Waals surface area contributed by atoms with E-state index in [4.69, 9.17) is 5.73 Å². The van der Waals surface area contributed by atoms with Gasteiger partial charge in [0.2, 0.25) is 5.82 Å². The van der Waals surface area contributed by atoms with Crippen molar-refractivity contribution in [1.82, 2.24) is 35.2 Å². The molecule has 0 spiro atoms. The first-order chi connectivity index (χ1) is 12.7. The lowest BCUT2D eigenvalue weighted by Gasteiger charge is -2.18. The Morgan fingerprint density at radius 1 is 1.23 bits per heavy atom. The van der Waals surface area contributed by atoms with Gasteiger partial charge in [0, 0.05) is 30.1 Å². The van der Waals surface area contributed by atoms with Gasteiger partial charge in [-0.05, 0) is 30.7 Å². The molecule has 4 aromatic rings. The van der Waals surface area contributed by atoms with E-state index in [1.165, 1.54) is 4.80 Å². The highest BCUT2D eigenvalue weighted by Crippen LogP contribution is 2.32. The molecule has 9 heteroatoms. The van der Waals surface area contributed by atoms with Crippen LogP contribution in [0.2, 0.25) is 0 Å². The number of anilines is 1. The Kier molecular flexibility index (Phi) is 4.21. The second-order valence-electron chi connectivity index (χ2n) is 6.33. The van der Waals surface area contributed by atoms with Crippen LogP contribution in [0.1, 0.15) is 12.8 Å². The van der Waals surface area contributed by atoms with E-state index in [0.717, 1.165) is 52.7 Å². The Balaban J connectivity index is 1.78. The summed E-state index contributed by atoms with van der Waals surface area (Å²) < 4.78 is 0. The quantitative estimate of drug-likeness (QED) is 0.506. The summed E-state index contributed by atoms with van der Waals surface area (Å²) in [6, 6.07) is 6.07. The van der Waals surface area contributed by atoms with Crippen LogP contribution in [-0.2, 0) is 7.05 Å². The molecule has 0 amide bonds.